The van der Waals surface area contributed by atoms with Gasteiger partial charge in [-0.2, -0.15) is 0 Å². The van der Waals surface area contributed by atoms with Crippen molar-refractivity contribution < 1.29 is 104 Å². The number of aliphatic hydroxyl groups is 12. The Hall–Kier alpha value is -1.13. The summed E-state index contributed by atoms with van der Waals surface area (Å²) in [7, 11) is 0. The second-order valence-electron chi connectivity index (χ2n) is 11.3. The van der Waals surface area contributed by atoms with Gasteiger partial charge >= 0.3 is 0 Å². The molecule has 4 rings (SSSR count). The van der Waals surface area contributed by atoms with Crippen LogP contribution in [0.1, 0.15) is 0 Å². The lowest BCUT2D eigenvalue weighted by atomic mass is 10.0. The molecule has 0 aromatic rings. The molecule has 0 spiro atoms. The van der Waals surface area contributed by atoms with Crippen LogP contribution < -0.4 is 0 Å². The Balaban J connectivity index is 1.25. The minimum Gasteiger partial charge on any atom is -0.394 e. The summed E-state index contributed by atoms with van der Waals surface area (Å²) in [6.45, 7) is -2.59. The SMILES string of the molecule is O=C[C@H](O)[C@@H](O)[C@@H](CO)O[C@@H]1OC[C@@H](O[C@@H]2OC[C@@H](O[C@@H]3OC[C@@H](O[C@@H]4OC[C@@H](O)[C@H](O)[C@H]4O)[C@H](O)[C@H]3O)[C@H](O)[C@H]2O)[C@H](O)[C@H]1O. The molecular weight excluding hydrogens is 636 g/mol. The fourth-order valence-corrected chi connectivity index (χ4v) is 5.14. The number of hydrogen-bond donors (Lipinski definition) is 12. The van der Waals surface area contributed by atoms with Gasteiger partial charge < -0.3 is 104 Å². The van der Waals surface area contributed by atoms with Crippen molar-refractivity contribution in [1.82, 2.24) is 0 Å². The van der Waals surface area contributed by atoms with Gasteiger partial charge in [-0.05, 0) is 0 Å². The average Bonchev–Trinajstić information content (AvgIpc) is 3.05. The lowest BCUT2D eigenvalue weighted by molar-refractivity contribution is -0.359. The van der Waals surface area contributed by atoms with Crippen LogP contribution in [0.4, 0.5) is 0 Å². The van der Waals surface area contributed by atoms with Crippen molar-refractivity contribution in [2.75, 3.05) is 33.0 Å². The van der Waals surface area contributed by atoms with E-state index >= 15 is 0 Å². The molecule has 0 aromatic carbocycles. The van der Waals surface area contributed by atoms with Crippen molar-refractivity contribution in [3.63, 3.8) is 0 Å². The third-order valence-electron chi connectivity index (χ3n) is 8.04. The molecule has 0 radical (unpaired) electrons. The first-order valence-electron chi connectivity index (χ1n) is 14.4. The van der Waals surface area contributed by atoms with Crippen molar-refractivity contribution in [2.24, 2.45) is 0 Å². The van der Waals surface area contributed by atoms with Crippen molar-refractivity contribution in [2.45, 2.75) is 117 Å². The maximum absolute atomic E-state index is 10.7. The molecule has 0 bridgehead atoms. The van der Waals surface area contributed by atoms with Crippen LogP contribution in [0.15, 0.2) is 0 Å². The van der Waals surface area contributed by atoms with E-state index in [9.17, 15) is 66.1 Å². The van der Waals surface area contributed by atoms with E-state index in [1.165, 1.54) is 0 Å². The van der Waals surface area contributed by atoms with Crippen molar-refractivity contribution in [1.29, 1.82) is 0 Å². The van der Waals surface area contributed by atoms with E-state index < -0.39 is 143 Å². The summed E-state index contributed by atoms with van der Waals surface area (Å²) < 4.78 is 42.9. The van der Waals surface area contributed by atoms with Crippen LogP contribution in [0, 0.1) is 0 Å². The topological polar surface area (TPSA) is 334 Å². The van der Waals surface area contributed by atoms with E-state index in [-0.39, 0.29) is 12.9 Å². The summed E-state index contributed by atoms with van der Waals surface area (Å²) >= 11 is 0. The van der Waals surface area contributed by atoms with E-state index in [0.29, 0.717) is 0 Å². The number of carbonyl (C=O) groups excluding carboxylic acids is 1. The van der Waals surface area contributed by atoms with Crippen LogP contribution in [0.25, 0.3) is 0 Å². The van der Waals surface area contributed by atoms with E-state index in [1.54, 1.807) is 0 Å². The molecule has 4 fully saturated rings. The molecule has 46 heavy (non-hydrogen) atoms. The number of hydrogen-bond acceptors (Lipinski definition) is 21. The Morgan fingerprint density at radius 3 is 1.35 bits per heavy atom. The predicted octanol–water partition coefficient (Wildman–Crippen LogP) is -8.89. The number of ether oxygens (including phenoxy) is 8. The monoisotopic (exact) mass is 678 g/mol. The highest BCUT2D eigenvalue weighted by atomic mass is 16.8. The van der Waals surface area contributed by atoms with Gasteiger partial charge in [-0.3, -0.25) is 0 Å². The van der Waals surface area contributed by atoms with E-state index in [2.05, 4.69) is 0 Å². The molecule has 0 aliphatic carbocycles. The standard InChI is InChI=1S/C25H42O21/c26-1-7(28)13(30)9(2-27)43-23-19(36)15(32)11(4-40-23)45-25-21(38)17(34)12(6-42-25)46-24-20(37)16(33)10(5-41-24)44-22-18(35)14(31)8(29)3-39-22/h1,7-25,27-38H,2-6H2/t7-,8+,9+,10+,11+,12+,13+,14-,15-,16-,17-,18+,19+,20+,21+,22-,23-,24-,25-/m0/s1. The molecule has 21 nitrogen and oxygen atoms in total. The first-order valence-corrected chi connectivity index (χ1v) is 14.4. The lowest BCUT2D eigenvalue weighted by Crippen LogP contribution is -2.62. The highest BCUT2D eigenvalue weighted by Gasteiger charge is 2.49. The van der Waals surface area contributed by atoms with Crippen LogP contribution in [0.3, 0.4) is 0 Å². The van der Waals surface area contributed by atoms with Crippen LogP contribution in [-0.4, -0.2) is 217 Å². The van der Waals surface area contributed by atoms with Crippen LogP contribution in [0.5, 0.6) is 0 Å². The number of carbonyl (C=O) groups is 1. The zero-order valence-electron chi connectivity index (χ0n) is 24.1. The molecule has 0 unspecified atom stereocenters. The predicted molar refractivity (Wildman–Crippen MR) is 138 cm³/mol. The smallest absolute Gasteiger partial charge is 0.186 e. The molecule has 21 heteroatoms. The third-order valence-corrected chi connectivity index (χ3v) is 8.04. The van der Waals surface area contributed by atoms with Crippen molar-refractivity contribution in [3.05, 3.63) is 0 Å². The molecule has 19 atom stereocenters. The zero-order valence-corrected chi connectivity index (χ0v) is 24.1. The average molecular weight is 679 g/mol. The summed E-state index contributed by atoms with van der Waals surface area (Å²) in [4.78, 5) is 10.7. The van der Waals surface area contributed by atoms with Gasteiger partial charge in [0.2, 0.25) is 0 Å². The Morgan fingerprint density at radius 2 is 0.935 bits per heavy atom. The molecule has 4 saturated heterocycles. The Labute approximate surface area is 260 Å². The Kier molecular flexibility index (Phi) is 13.5. The van der Waals surface area contributed by atoms with Crippen molar-refractivity contribution in [3.8, 4) is 0 Å². The first-order chi connectivity index (χ1) is 21.8. The minimum atomic E-state index is -1.91. The summed E-state index contributed by atoms with van der Waals surface area (Å²) in [5, 5.41) is 122. The highest BCUT2D eigenvalue weighted by Crippen LogP contribution is 2.29. The molecule has 4 heterocycles. The molecule has 0 saturated carbocycles. The van der Waals surface area contributed by atoms with Crippen molar-refractivity contribution >= 4 is 6.29 Å². The zero-order chi connectivity index (χ0) is 33.9. The molecule has 0 aromatic heterocycles. The second-order valence-corrected chi connectivity index (χ2v) is 11.3. The van der Waals surface area contributed by atoms with Crippen LogP contribution >= 0.6 is 0 Å². The van der Waals surface area contributed by atoms with Gasteiger partial charge in [-0.25, -0.2) is 0 Å². The molecular formula is C25H42O21. The fourth-order valence-electron chi connectivity index (χ4n) is 5.14. The molecule has 12 N–H and O–H groups in total. The fraction of sp³-hybridized carbons (Fsp3) is 0.960. The van der Waals surface area contributed by atoms with E-state index in [4.69, 9.17) is 37.9 Å². The Bertz CT molecular complexity index is 947. The van der Waals surface area contributed by atoms with Gasteiger partial charge in [0.25, 0.3) is 0 Å². The van der Waals surface area contributed by atoms with Gasteiger partial charge in [0.05, 0.1) is 33.0 Å². The van der Waals surface area contributed by atoms with Gasteiger partial charge in [-0.1, -0.05) is 0 Å². The lowest BCUT2D eigenvalue weighted by Gasteiger charge is -2.44. The van der Waals surface area contributed by atoms with Gasteiger partial charge in [0.15, 0.2) is 31.4 Å². The third kappa shape index (κ3) is 8.35. The maximum atomic E-state index is 10.7. The number of aldehydes is 1. The molecule has 268 valence electrons. The summed E-state index contributed by atoms with van der Waals surface area (Å²) in [5.74, 6) is 0. The summed E-state index contributed by atoms with van der Waals surface area (Å²) in [6.07, 6.45) is -30.7. The quantitative estimate of drug-likeness (QED) is 0.0852. The second kappa shape index (κ2) is 16.5. The first kappa shape index (κ1) is 37.7. The summed E-state index contributed by atoms with van der Waals surface area (Å²) in [5.41, 5.74) is 0. The number of rotatable bonds is 12. The molecule has 4 aliphatic heterocycles. The van der Waals surface area contributed by atoms with Gasteiger partial charge in [0.1, 0.15) is 91.6 Å². The van der Waals surface area contributed by atoms with Crippen LogP contribution in [-0.2, 0) is 42.7 Å². The van der Waals surface area contributed by atoms with E-state index in [0.717, 1.165) is 0 Å². The Morgan fingerprint density at radius 1 is 0.565 bits per heavy atom. The van der Waals surface area contributed by atoms with Crippen LogP contribution in [0.2, 0.25) is 0 Å². The minimum absolute atomic E-state index is 0.00746. The summed E-state index contributed by atoms with van der Waals surface area (Å²) in [6, 6.07) is 0. The molecule has 4 aliphatic rings. The van der Waals surface area contributed by atoms with Gasteiger partial charge in [0, 0.05) is 0 Å². The molecule has 0 amide bonds. The number of aliphatic hydroxyl groups excluding tert-OH is 12. The van der Waals surface area contributed by atoms with E-state index in [1.807, 2.05) is 0 Å². The normalized spacial score (nSPS) is 47.6. The van der Waals surface area contributed by atoms with Gasteiger partial charge in [-0.15, -0.1) is 0 Å². The largest absolute Gasteiger partial charge is 0.394 e. The maximum Gasteiger partial charge on any atom is 0.186 e. The highest BCUT2D eigenvalue weighted by molar-refractivity contribution is 5.56.